The minimum Gasteiger partial charge on any atom is -0.493 e. The molecule has 6 heteroatoms. The minimum absolute atomic E-state index is 0.284. The molecule has 2 aromatic rings. The molecule has 1 N–H and O–H groups in total. The minimum atomic E-state index is -0.284. The Morgan fingerprint density at radius 3 is 2.43 bits per heavy atom. The van der Waals surface area contributed by atoms with Crippen LogP contribution >= 0.6 is 27.5 Å². The fourth-order valence-electron chi connectivity index (χ4n) is 1.85. The molecule has 2 aromatic carbocycles. The van der Waals surface area contributed by atoms with Crippen molar-refractivity contribution >= 4 is 33.2 Å². The molecular weight excluding hydrogens is 361 g/mol. The fourth-order valence-corrected chi connectivity index (χ4v) is 2.40. The molecule has 0 heterocycles. The van der Waals surface area contributed by atoms with Gasteiger partial charge in [0.25, 0.3) is 0 Å². The Balaban J connectivity index is 2.19. The predicted molar refractivity (Wildman–Crippen MR) is 86.0 cm³/mol. The van der Waals surface area contributed by atoms with E-state index in [1.807, 2.05) is 0 Å². The van der Waals surface area contributed by atoms with Gasteiger partial charge in [0.15, 0.2) is 11.5 Å². The normalized spacial score (nSPS) is 10.3. The molecule has 0 aliphatic carbocycles. The molecule has 0 aliphatic rings. The van der Waals surface area contributed by atoms with Gasteiger partial charge in [0.1, 0.15) is 5.82 Å². The Morgan fingerprint density at radius 2 is 1.81 bits per heavy atom. The van der Waals surface area contributed by atoms with Crippen LogP contribution in [-0.2, 0) is 6.54 Å². The summed E-state index contributed by atoms with van der Waals surface area (Å²) in [4.78, 5) is 0. The highest BCUT2D eigenvalue weighted by Gasteiger charge is 2.10. The monoisotopic (exact) mass is 373 g/mol. The van der Waals surface area contributed by atoms with Crippen molar-refractivity contribution in [3.63, 3.8) is 0 Å². The van der Waals surface area contributed by atoms with E-state index < -0.39 is 0 Å². The van der Waals surface area contributed by atoms with E-state index in [0.717, 1.165) is 0 Å². The summed E-state index contributed by atoms with van der Waals surface area (Å²) in [6, 6.07) is 8.29. The zero-order valence-corrected chi connectivity index (χ0v) is 13.9. The molecule has 0 amide bonds. The number of rotatable bonds is 5. The summed E-state index contributed by atoms with van der Waals surface area (Å²) in [6.45, 7) is 0.314. The Bertz CT molecular complexity index is 652. The van der Waals surface area contributed by atoms with Crippen molar-refractivity contribution in [1.82, 2.24) is 0 Å². The number of anilines is 1. The first kappa shape index (κ1) is 15.9. The molecule has 0 saturated carbocycles. The van der Waals surface area contributed by atoms with Crippen molar-refractivity contribution in [1.29, 1.82) is 0 Å². The molecule has 0 radical (unpaired) electrons. The quantitative estimate of drug-likeness (QED) is 0.810. The van der Waals surface area contributed by atoms with Gasteiger partial charge in [0.2, 0.25) is 0 Å². The maximum Gasteiger partial charge on any atom is 0.162 e. The van der Waals surface area contributed by atoms with Crippen LogP contribution in [0.15, 0.2) is 34.8 Å². The van der Waals surface area contributed by atoms with E-state index in [-0.39, 0.29) is 5.82 Å². The topological polar surface area (TPSA) is 30.5 Å². The second kappa shape index (κ2) is 7.00. The van der Waals surface area contributed by atoms with Crippen LogP contribution in [0.4, 0.5) is 10.1 Å². The third kappa shape index (κ3) is 3.80. The summed E-state index contributed by atoms with van der Waals surface area (Å²) in [7, 11) is 3.09. The number of halogens is 3. The van der Waals surface area contributed by atoms with Crippen LogP contribution in [0.2, 0.25) is 5.02 Å². The second-order valence-corrected chi connectivity index (χ2v) is 5.60. The number of ether oxygens (including phenoxy) is 2. The van der Waals surface area contributed by atoms with Gasteiger partial charge >= 0.3 is 0 Å². The van der Waals surface area contributed by atoms with Crippen LogP contribution in [0.5, 0.6) is 11.5 Å². The lowest BCUT2D eigenvalue weighted by Crippen LogP contribution is -2.03. The largest absolute Gasteiger partial charge is 0.493 e. The van der Waals surface area contributed by atoms with Crippen molar-refractivity contribution in [3.8, 4) is 11.5 Å². The summed E-state index contributed by atoms with van der Waals surface area (Å²) in [5.41, 5.74) is 1.20. The SMILES string of the molecule is COc1cc(Cl)c(NCc2ccc(Br)cc2F)cc1OC. The summed E-state index contributed by atoms with van der Waals surface area (Å²) >= 11 is 9.40. The molecule has 2 rings (SSSR count). The molecule has 0 spiro atoms. The Kier molecular flexibility index (Phi) is 5.31. The standard InChI is InChI=1S/C15H14BrClFNO2/c1-20-14-6-11(17)13(7-15(14)21-2)19-8-9-3-4-10(16)5-12(9)18/h3-7,19H,8H2,1-2H3. The Morgan fingerprint density at radius 1 is 1.14 bits per heavy atom. The van der Waals surface area contributed by atoms with Crippen molar-refractivity contribution in [3.05, 3.63) is 51.2 Å². The molecular formula is C15H14BrClFNO2. The number of hydrogen-bond donors (Lipinski definition) is 1. The number of nitrogens with one attached hydrogen (secondary N) is 1. The van der Waals surface area contributed by atoms with Crippen molar-refractivity contribution in [2.45, 2.75) is 6.54 Å². The Hall–Kier alpha value is -1.46. The fraction of sp³-hybridized carbons (Fsp3) is 0.200. The smallest absolute Gasteiger partial charge is 0.162 e. The third-order valence-corrected chi connectivity index (χ3v) is 3.76. The van der Waals surface area contributed by atoms with Gasteiger partial charge in [-0.15, -0.1) is 0 Å². The first-order valence-corrected chi connectivity index (χ1v) is 7.31. The van der Waals surface area contributed by atoms with E-state index >= 15 is 0 Å². The van der Waals surface area contributed by atoms with Gasteiger partial charge in [0, 0.05) is 28.7 Å². The second-order valence-electron chi connectivity index (χ2n) is 4.28. The average Bonchev–Trinajstić information content (AvgIpc) is 2.47. The summed E-state index contributed by atoms with van der Waals surface area (Å²) in [5.74, 6) is 0.817. The maximum atomic E-state index is 13.8. The van der Waals surface area contributed by atoms with Crippen LogP contribution in [0, 0.1) is 5.82 Å². The van der Waals surface area contributed by atoms with E-state index in [1.165, 1.54) is 6.07 Å². The zero-order valence-electron chi connectivity index (χ0n) is 11.5. The van der Waals surface area contributed by atoms with E-state index in [9.17, 15) is 4.39 Å². The van der Waals surface area contributed by atoms with E-state index in [1.54, 1.807) is 38.5 Å². The lowest BCUT2D eigenvalue weighted by Gasteiger charge is -2.13. The predicted octanol–water partition coefficient (Wildman–Crippen LogP) is 4.87. The summed E-state index contributed by atoms with van der Waals surface area (Å²) in [6.07, 6.45) is 0. The molecule has 0 unspecified atom stereocenters. The van der Waals surface area contributed by atoms with E-state index in [2.05, 4.69) is 21.2 Å². The van der Waals surface area contributed by atoms with Gasteiger partial charge < -0.3 is 14.8 Å². The van der Waals surface area contributed by atoms with E-state index in [4.69, 9.17) is 21.1 Å². The zero-order chi connectivity index (χ0) is 15.4. The van der Waals surface area contributed by atoms with Gasteiger partial charge in [-0.3, -0.25) is 0 Å². The average molecular weight is 375 g/mol. The maximum absolute atomic E-state index is 13.8. The van der Waals surface area contributed by atoms with Crippen LogP contribution in [0.25, 0.3) is 0 Å². The molecule has 0 fully saturated rings. The molecule has 0 atom stereocenters. The first-order valence-electron chi connectivity index (χ1n) is 6.14. The van der Waals surface area contributed by atoms with Gasteiger partial charge in [-0.05, 0) is 12.1 Å². The third-order valence-electron chi connectivity index (χ3n) is 2.96. The van der Waals surface area contributed by atoms with Gasteiger partial charge in [-0.1, -0.05) is 33.6 Å². The molecule has 0 bridgehead atoms. The number of hydrogen-bond acceptors (Lipinski definition) is 3. The first-order chi connectivity index (χ1) is 10.0. The highest BCUT2D eigenvalue weighted by Crippen LogP contribution is 2.36. The summed E-state index contributed by atoms with van der Waals surface area (Å²) < 4.78 is 24.9. The van der Waals surface area contributed by atoms with E-state index in [0.29, 0.717) is 38.8 Å². The molecule has 0 aromatic heterocycles. The van der Waals surface area contributed by atoms with Crippen molar-refractivity contribution in [2.24, 2.45) is 0 Å². The van der Waals surface area contributed by atoms with Crippen LogP contribution in [0.1, 0.15) is 5.56 Å². The Labute approximate surface area is 136 Å². The molecule has 0 saturated heterocycles. The molecule has 21 heavy (non-hydrogen) atoms. The van der Waals surface area contributed by atoms with Crippen molar-refractivity contribution < 1.29 is 13.9 Å². The molecule has 112 valence electrons. The van der Waals surface area contributed by atoms with Crippen LogP contribution < -0.4 is 14.8 Å². The van der Waals surface area contributed by atoms with Crippen molar-refractivity contribution in [2.75, 3.05) is 19.5 Å². The number of benzene rings is 2. The highest BCUT2D eigenvalue weighted by molar-refractivity contribution is 9.10. The molecule has 3 nitrogen and oxygen atoms in total. The van der Waals surface area contributed by atoms with Gasteiger partial charge in [-0.2, -0.15) is 0 Å². The molecule has 0 aliphatic heterocycles. The van der Waals surface area contributed by atoms with Crippen LogP contribution in [0.3, 0.4) is 0 Å². The van der Waals surface area contributed by atoms with Gasteiger partial charge in [-0.25, -0.2) is 4.39 Å². The van der Waals surface area contributed by atoms with Gasteiger partial charge in [0.05, 0.1) is 24.9 Å². The lowest BCUT2D eigenvalue weighted by molar-refractivity contribution is 0.355. The number of methoxy groups -OCH3 is 2. The summed E-state index contributed by atoms with van der Waals surface area (Å²) in [5, 5.41) is 3.57. The highest BCUT2D eigenvalue weighted by atomic mass is 79.9. The lowest BCUT2D eigenvalue weighted by atomic mass is 10.2. The van der Waals surface area contributed by atoms with Crippen LogP contribution in [-0.4, -0.2) is 14.2 Å².